The number of rotatable bonds is 3. The molecule has 0 bridgehead atoms. The summed E-state index contributed by atoms with van der Waals surface area (Å²) < 4.78 is 30.6. The highest BCUT2D eigenvalue weighted by atomic mass is 32.2. The first-order chi connectivity index (χ1) is 11.8. The summed E-state index contributed by atoms with van der Waals surface area (Å²) in [4.78, 5) is 25.4. The second-order valence-corrected chi connectivity index (χ2v) is 8.18. The van der Waals surface area contributed by atoms with Crippen LogP contribution in [0.5, 0.6) is 0 Å². The molecule has 25 heavy (non-hydrogen) atoms. The van der Waals surface area contributed by atoms with E-state index in [1.165, 1.54) is 9.21 Å². The second-order valence-electron chi connectivity index (χ2n) is 6.17. The Hall–Kier alpha value is -2.13. The van der Waals surface area contributed by atoms with Gasteiger partial charge >= 0.3 is 5.97 Å². The van der Waals surface area contributed by atoms with E-state index in [-0.39, 0.29) is 24.8 Å². The highest BCUT2D eigenvalue weighted by Crippen LogP contribution is 2.27. The topological polar surface area (TPSA) is 104 Å². The van der Waals surface area contributed by atoms with Crippen LogP contribution in [0.3, 0.4) is 0 Å². The molecule has 2 aliphatic rings. The average molecular weight is 368 g/mol. The van der Waals surface area contributed by atoms with Crippen molar-refractivity contribution in [1.29, 1.82) is 0 Å². The number of carboxylic acids is 1. The molecule has 2 saturated heterocycles. The number of aliphatic carboxylic acids is 1. The molecule has 1 aromatic rings. The van der Waals surface area contributed by atoms with E-state index in [9.17, 15) is 23.1 Å². The van der Waals surface area contributed by atoms with E-state index in [4.69, 9.17) is 4.74 Å². The number of amides is 1. The fraction of sp³-hybridized carbons (Fsp3) is 0.500. The van der Waals surface area contributed by atoms with Gasteiger partial charge in [0.2, 0.25) is 10.0 Å². The summed E-state index contributed by atoms with van der Waals surface area (Å²) >= 11 is 0. The molecule has 136 valence electrons. The third-order valence-corrected chi connectivity index (χ3v) is 6.37. The number of anilines is 1. The van der Waals surface area contributed by atoms with Gasteiger partial charge in [-0.15, -0.1) is 0 Å². The summed E-state index contributed by atoms with van der Waals surface area (Å²) in [7, 11) is -3.29. The summed E-state index contributed by atoms with van der Waals surface area (Å²) in [6.07, 6.45) is 0.579. The minimum Gasteiger partial charge on any atom is -0.480 e. The zero-order valence-electron chi connectivity index (χ0n) is 13.8. The standard InChI is InChI=1S/C16H20N2O6S/c1-11-9-12(18-5-2-8-25(18,22)23)3-4-13(11)15(19)17-6-7-24-10-14(17)16(20)21/h3-4,9,14H,2,5-8,10H2,1H3,(H,20,21). The van der Waals surface area contributed by atoms with Crippen LogP contribution in [0.2, 0.25) is 0 Å². The number of aryl methyl sites for hydroxylation is 1. The van der Waals surface area contributed by atoms with Gasteiger partial charge in [-0.05, 0) is 37.1 Å². The molecule has 2 heterocycles. The van der Waals surface area contributed by atoms with Crippen LogP contribution in [0.1, 0.15) is 22.3 Å². The van der Waals surface area contributed by atoms with E-state index in [1.807, 2.05) is 0 Å². The number of hydrogen-bond acceptors (Lipinski definition) is 5. The first kappa shape index (κ1) is 17.7. The molecule has 1 amide bonds. The Balaban J connectivity index is 1.88. The number of hydrogen-bond donors (Lipinski definition) is 1. The van der Waals surface area contributed by atoms with Crippen LogP contribution >= 0.6 is 0 Å². The second kappa shape index (κ2) is 6.64. The third-order valence-electron chi connectivity index (χ3n) is 4.50. The van der Waals surface area contributed by atoms with Crippen molar-refractivity contribution in [3.63, 3.8) is 0 Å². The number of ether oxygens (including phenoxy) is 1. The van der Waals surface area contributed by atoms with E-state index in [0.717, 1.165) is 0 Å². The van der Waals surface area contributed by atoms with Crippen molar-refractivity contribution < 1.29 is 27.9 Å². The Labute approximate surface area is 146 Å². The van der Waals surface area contributed by atoms with Gasteiger partial charge in [0.15, 0.2) is 6.04 Å². The van der Waals surface area contributed by atoms with Gasteiger partial charge in [0.05, 0.1) is 24.7 Å². The smallest absolute Gasteiger partial charge is 0.328 e. The van der Waals surface area contributed by atoms with Gasteiger partial charge in [0.1, 0.15) is 0 Å². The lowest BCUT2D eigenvalue weighted by molar-refractivity contribution is -0.147. The van der Waals surface area contributed by atoms with Gasteiger partial charge in [-0.3, -0.25) is 9.10 Å². The average Bonchev–Trinajstić information content (AvgIpc) is 2.93. The van der Waals surface area contributed by atoms with Gasteiger partial charge < -0.3 is 14.7 Å². The highest BCUT2D eigenvalue weighted by Gasteiger charge is 2.34. The summed E-state index contributed by atoms with van der Waals surface area (Å²) in [6, 6.07) is 3.81. The Morgan fingerprint density at radius 1 is 1.28 bits per heavy atom. The number of nitrogens with zero attached hydrogens (tertiary/aromatic N) is 2. The molecule has 0 spiro atoms. The lowest BCUT2D eigenvalue weighted by Crippen LogP contribution is -2.52. The predicted molar refractivity (Wildman–Crippen MR) is 90.2 cm³/mol. The summed E-state index contributed by atoms with van der Waals surface area (Å²) in [5, 5.41) is 9.27. The quantitative estimate of drug-likeness (QED) is 0.831. The number of morpholine rings is 1. The van der Waals surface area contributed by atoms with Gasteiger partial charge in [0.25, 0.3) is 5.91 Å². The molecule has 2 fully saturated rings. The highest BCUT2D eigenvalue weighted by molar-refractivity contribution is 7.93. The zero-order chi connectivity index (χ0) is 18.2. The Kier molecular flexibility index (Phi) is 4.70. The largest absolute Gasteiger partial charge is 0.480 e. The maximum Gasteiger partial charge on any atom is 0.328 e. The van der Waals surface area contributed by atoms with E-state index in [2.05, 4.69) is 0 Å². The van der Waals surface area contributed by atoms with E-state index in [0.29, 0.717) is 36.4 Å². The van der Waals surface area contributed by atoms with Crippen molar-refractivity contribution in [2.45, 2.75) is 19.4 Å². The maximum atomic E-state index is 12.8. The van der Waals surface area contributed by atoms with Crippen LogP contribution in [0.15, 0.2) is 18.2 Å². The summed E-state index contributed by atoms with van der Waals surface area (Å²) in [6.45, 7) is 2.61. The van der Waals surface area contributed by atoms with E-state index in [1.54, 1.807) is 25.1 Å². The number of benzene rings is 1. The Bertz CT molecular complexity index is 807. The molecular weight excluding hydrogens is 348 g/mol. The van der Waals surface area contributed by atoms with Crippen LogP contribution in [-0.4, -0.2) is 68.4 Å². The van der Waals surface area contributed by atoms with Crippen LogP contribution in [0, 0.1) is 6.92 Å². The SMILES string of the molecule is Cc1cc(N2CCCS2(=O)=O)ccc1C(=O)N1CCOCC1C(=O)O. The molecule has 0 radical (unpaired) electrons. The van der Waals surface area contributed by atoms with Crippen LogP contribution in [0.4, 0.5) is 5.69 Å². The Morgan fingerprint density at radius 3 is 2.64 bits per heavy atom. The fourth-order valence-corrected chi connectivity index (χ4v) is 4.73. The Morgan fingerprint density at radius 2 is 2.04 bits per heavy atom. The molecule has 0 aromatic heterocycles. The minimum atomic E-state index is -3.29. The monoisotopic (exact) mass is 368 g/mol. The van der Waals surface area contributed by atoms with Crippen molar-refractivity contribution in [3.05, 3.63) is 29.3 Å². The van der Waals surface area contributed by atoms with Gasteiger partial charge in [-0.1, -0.05) is 0 Å². The first-order valence-electron chi connectivity index (χ1n) is 8.04. The molecule has 0 saturated carbocycles. The molecule has 3 rings (SSSR count). The van der Waals surface area contributed by atoms with Crippen molar-refractivity contribution in [2.24, 2.45) is 0 Å². The van der Waals surface area contributed by atoms with Crippen LogP contribution < -0.4 is 4.31 Å². The molecule has 0 aliphatic carbocycles. The summed E-state index contributed by atoms with van der Waals surface area (Å²) in [5.74, 6) is -1.37. The lowest BCUT2D eigenvalue weighted by Gasteiger charge is -2.33. The molecule has 8 nitrogen and oxygen atoms in total. The van der Waals surface area contributed by atoms with Crippen molar-refractivity contribution in [3.8, 4) is 0 Å². The summed E-state index contributed by atoms with van der Waals surface area (Å²) in [5.41, 5.74) is 1.51. The third kappa shape index (κ3) is 3.34. The van der Waals surface area contributed by atoms with Crippen LogP contribution in [-0.2, 0) is 19.6 Å². The van der Waals surface area contributed by atoms with Gasteiger partial charge in [0, 0.05) is 18.7 Å². The van der Waals surface area contributed by atoms with Crippen molar-refractivity contribution in [2.75, 3.05) is 36.4 Å². The van der Waals surface area contributed by atoms with Crippen molar-refractivity contribution >= 4 is 27.6 Å². The minimum absolute atomic E-state index is 0.0375. The number of carbonyl (C=O) groups is 2. The molecular formula is C16H20N2O6S. The fourth-order valence-electron chi connectivity index (χ4n) is 3.18. The zero-order valence-corrected chi connectivity index (χ0v) is 14.7. The molecule has 2 aliphatic heterocycles. The molecule has 1 aromatic carbocycles. The maximum absolute atomic E-state index is 12.8. The number of sulfonamides is 1. The van der Waals surface area contributed by atoms with Gasteiger partial charge in [-0.2, -0.15) is 0 Å². The predicted octanol–water partition coefficient (Wildman–Crippen LogP) is 0.461. The molecule has 1 atom stereocenters. The number of carbonyl (C=O) groups excluding carboxylic acids is 1. The number of carboxylic acid groups (broad SMARTS) is 1. The van der Waals surface area contributed by atoms with Crippen molar-refractivity contribution in [1.82, 2.24) is 4.90 Å². The van der Waals surface area contributed by atoms with Gasteiger partial charge in [-0.25, -0.2) is 13.2 Å². The first-order valence-corrected chi connectivity index (χ1v) is 9.65. The molecule has 1 unspecified atom stereocenters. The molecule has 9 heteroatoms. The van der Waals surface area contributed by atoms with E-state index < -0.39 is 22.0 Å². The molecule has 1 N–H and O–H groups in total. The van der Waals surface area contributed by atoms with Crippen LogP contribution in [0.25, 0.3) is 0 Å². The normalized spacial score (nSPS) is 22.8. The van der Waals surface area contributed by atoms with E-state index >= 15 is 0 Å². The lowest BCUT2D eigenvalue weighted by atomic mass is 10.0.